The minimum absolute atomic E-state index is 0.135. The highest BCUT2D eigenvalue weighted by Gasteiger charge is 2.15. The van der Waals surface area contributed by atoms with Crippen LogP contribution in [0.15, 0.2) is 34.1 Å². The van der Waals surface area contributed by atoms with Gasteiger partial charge in [0.25, 0.3) is 0 Å². The Kier molecular flexibility index (Phi) is 6.54. The topological polar surface area (TPSA) is 27.7 Å². The molecule has 1 aromatic heterocycles. The molecule has 1 atom stereocenters. The average Bonchev–Trinajstić information content (AvgIpc) is 2.97. The monoisotopic (exact) mass is 434 g/mol. The van der Waals surface area contributed by atoms with Gasteiger partial charge in [-0.3, -0.25) is 0 Å². The van der Waals surface area contributed by atoms with Gasteiger partial charge in [-0.1, -0.05) is 22.0 Å². The maximum absolute atomic E-state index is 5.63. The van der Waals surface area contributed by atoms with Crippen molar-refractivity contribution in [3.63, 3.8) is 0 Å². The largest absolute Gasteiger partial charge is 0.496 e. The van der Waals surface area contributed by atoms with Gasteiger partial charge in [0.05, 0.1) is 23.0 Å². The third kappa shape index (κ3) is 4.45. The highest BCUT2D eigenvalue weighted by Crippen LogP contribution is 2.39. The van der Waals surface area contributed by atoms with Crippen molar-refractivity contribution < 1.29 is 14.2 Å². The Morgan fingerprint density at radius 3 is 2.62 bits per heavy atom. The van der Waals surface area contributed by atoms with Crippen LogP contribution in [0, 0.1) is 0 Å². The molecule has 3 nitrogen and oxygen atoms in total. The highest BCUT2D eigenvalue weighted by molar-refractivity contribution is 9.10. The van der Waals surface area contributed by atoms with Crippen LogP contribution in [-0.2, 0) is 4.74 Å². The number of halogens is 2. The lowest BCUT2D eigenvalue weighted by Gasteiger charge is -2.12. The van der Waals surface area contributed by atoms with Crippen molar-refractivity contribution in [2.45, 2.75) is 4.83 Å². The van der Waals surface area contributed by atoms with E-state index in [4.69, 9.17) is 14.2 Å². The van der Waals surface area contributed by atoms with Gasteiger partial charge >= 0.3 is 0 Å². The van der Waals surface area contributed by atoms with Crippen LogP contribution in [0.1, 0.15) is 15.3 Å². The van der Waals surface area contributed by atoms with E-state index in [0.29, 0.717) is 13.2 Å². The smallest absolute Gasteiger partial charge is 0.133 e. The van der Waals surface area contributed by atoms with Gasteiger partial charge in [0.1, 0.15) is 18.1 Å². The summed E-state index contributed by atoms with van der Waals surface area (Å²) in [6.45, 7) is 1.11. The summed E-state index contributed by atoms with van der Waals surface area (Å²) in [7, 11) is 3.34. The second-order valence-corrected chi connectivity index (χ2v) is 7.00. The van der Waals surface area contributed by atoms with Gasteiger partial charge in [0.15, 0.2) is 0 Å². The molecule has 0 radical (unpaired) electrons. The lowest BCUT2D eigenvalue weighted by atomic mass is 10.1. The predicted octanol–water partition coefficient (Wildman–Crippen LogP) is 5.03. The van der Waals surface area contributed by atoms with Gasteiger partial charge in [-0.15, -0.1) is 11.3 Å². The summed E-state index contributed by atoms with van der Waals surface area (Å²) in [6, 6.07) is 8.13. The van der Waals surface area contributed by atoms with Crippen molar-refractivity contribution in [2.24, 2.45) is 0 Å². The lowest BCUT2D eigenvalue weighted by Crippen LogP contribution is -2.04. The van der Waals surface area contributed by atoms with E-state index in [0.717, 1.165) is 21.5 Å². The lowest BCUT2D eigenvalue weighted by molar-refractivity contribution is 0.146. The Balaban J connectivity index is 2.11. The van der Waals surface area contributed by atoms with E-state index in [1.807, 2.05) is 17.5 Å². The minimum atomic E-state index is 0.135. The van der Waals surface area contributed by atoms with Gasteiger partial charge in [0, 0.05) is 17.4 Å². The Morgan fingerprint density at radius 2 is 2.00 bits per heavy atom. The maximum Gasteiger partial charge on any atom is 0.133 e. The molecule has 21 heavy (non-hydrogen) atoms. The van der Waals surface area contributed by atoms with E-state index >= 15 is 0 Å². The quantitative estimate of drug-likeness (QED) is 0.451. The van der Waals surface area contributed by atoms with E-state index < -0.39 is 0 Å². The molecule has 0 aliphatic carbocycles. The molecular weight excluding hydrogens is 420 g/mol. The van der Waals surface area contributed by atoms with E-state index in [2.05, 4.69) is 44.0 Å². The molecule has 0 fully saturated rings. The van der Waals surface area contributed by atoms with Crippen LogP contribution in [0.2, 0.25) is 0 Å². The summed E-state index contributed by atoms with van der Waals surface area (Å²) >= 11 is 8.95. The van der Waals surface area contributed by atoms with E-state index in [9.17, 15) is 0 Å². The van der Waals surface area contributed by atoms with E-state index in [1.165, 1.54) is 4.88 Å². The molecular formula is C15H16Br2O3S. The van der Waals surface area contributed by atoms with Gasteiger partial charge < -0.3 is 14.2 Å². The highest BCUT2D eigenvalue weighted by atomic mass is 79.9. The molecule has 0 saturated carbocycles. The standard InChI is InChI=1S/C15H16Br2O3S/c1-18-5-6-20-13-4-3-10(7-12(13)16)15(17)14-8-11(19-2)9-21-14/h3-4,7-9,15H,5-6H2,1-2H3. The molecule has 0 N–H and O–H groups in total. The third-order valence-corrected chi connectivity index (χ3v) is 5.80. The average molecular weight is 436 g/mol. The van der Waals surface area contributed by atoms with Crippen molar-refractivity contribution in [1.29, 1.82) is 0 Å². The molecule has 0 spiro atoms. The first-order valence-electron chi connectivity index (χ1n) is 6.33. The first-order chi connectivity index (χ1) is 10.2. The Bertz CT molecular complexity index is 586. The van der Waals surface area contributed by atoms with Crippen molar-refractivity contribution in [1.82, 2.24) is 0 Å². The molecule has 0 bridgehead atoms. The first-order valence-corrected chi connectivity index (χ1v) is 8.92. The molecule has 1 aromatic carbocycles. The van der Waals surface area contributed by atoms with Crippen molar-refractivity contribution >= 4 is 43.2 Å². The molecule has 0 amide bonds. The van der Waals surface area contributed by atoms with Gasteiger partial charge in [-0.05, 0) is 39.7 Å². The number of rotatable bonds is 7. The zero-order chi connectivity index (χ0) is 15.2. The van der Waals surface area contributed by atoms with Crippen LogP contribution in [0.3, 0.4) is 0 Å². The van der Waals surface area contributed by atoms with Crippen LogP contribution < -0.4 is 9.47 Å². The SMILES string of the molecule is COCCOc1ccc(C(Br)c2cc(OC)cs2)cc1Br. The summed E-state index contributed by atoms with van der Waals surface area (Å²) in [5.41, 5.74) is 1.16. The van der Waals surface area contributed by atoms with Crippen molar-refractivity contribution in [3.8, 4) is 11.5 Å². The molecule has 6 heteroatoms. The second-order valence-electron chi connectivity index (χ2n) is 4.28. The Labute approximate surface area is 145 Å². The Hall–Kier alpha value is -0.560. The minimum Gasteiger partial charge on any atom is -0.496 e. The van der Waals surface area contributed by atoms with Crippen molar-refractivity contribution in [2.75, 3.05) is 27.4 Å². The molecule has 2 rings (SSSR count). The van der Waals surface area contributed by atoms with Gasteiger partial charge in [0.2, 0.25) is 0 Å². The number of hydrogen-bond acceptors (Lipinski definition) is 4. The number of methoxy groups -OCH3 is 2. The summed E-state index contributed by atoms with van der Waals surface area (Å²) < 4.78 is 16.8. The molecule has 0 aliphatic heterocycles. The van der Waals surface area contributed by atoms with Crippen molar-refractivity contribution in [3.05, 3.63) is 44.6 Å². The summed E-state index contributed by atoms with van der Waals surface area (Å²) in [5.74, 6) is 1.71. The fraction of sp³-hybridized carbons (Fsp3) is 0.333. The van der Waals surface area contributed by atoms with E-state index in [-0.39, 0.29) is 4.83 Å². The molecule has 1 heterocycles. The first kappa shape index (κ1) is 16.8. The van der Waals surface area contributed by atoms with E-state index in [1.54, 1.807) is 25.6 Å². The van der Waals surface area contributed by atoms with Crippen LogP contribution >= 0.6 is 43.2 Å². The third-order valence-electron chi connectivity index (χ3n) is 2.87. The molecule has 0 saturated heterocycles. The zero-order valence-corrected chi connectivity index (χ0v) is 15.8. The molecule has 114 valence electrons. The second kappa shape index (κ2) is 8.17. The van der Waals surface area contributed by atoms with Gasteiger partial charge in [-0.25, -0.2) is 0 Å². The number of alkyl halides is 1. The van der Waals surface area contributed by atoms with Crippen LogP contribution in [0.4, 0.5) is 0 Å². The van der Waals surface area contributed by atoms with Crippen LogP contribution in [-0.4, -0.2) is 27.4 Å². The fourth-order valence-corrected chi connectivity index (χ4v) is 3.87. The normalized spacial score (nSPS) is 12.2. The summed E-state index contributed by atoms with van der Waals surface area (Å²) in [6.07, 6.45) is 0. The molecule has 0 aliphatic rings. The van der Waals surface area contributed by atoms with Crippen LogP contribution in [0.25, 0.3) is 0 Å². The number of hydrogen-bond donors (Lipinski definition) is 0. The summed E-state index contributed by atoms with van der Waals surface area (Å²) in [5, 5.41) is 2.00. The van der Waals surface area contributed by atoms with Crippen LogP contribution in [0.5, 0.6) is 11.5 Å². The number of ether oxygens (including phenoxy) is 3. The molecule has 2 aromatic rings. The number of thiophene rings is 1. The fourth-order valence-electron chi connectivity index (χ4n) is 1.77. The zero-order valence-electron chi connectivity index (χ0n) is 11.8. The number of benzene rings is 1. The van der Waals surface area contributed by atoms with Gasteiger partial charge in [-0.2, -0.15) is 0 Å². The Morgan fingerprint density at radius 1 is 1.19 bits per heavy atom. The summed E-state index contributed by atoms with van der Waals surface area (Å²) in [4.78, 5) is 1.34. The molecule has 1 unspecified atom stereocenters. The predicted molar refractivity (Wildman–Crippen MR) is 93.2 cm³/mol. The maximum atomic E-state index is 5.63.